The van der Waals surface area contributed by atoms with Crippen molar-refractivity contribution < 1.29 is 14.0 Å². The summed E-state index contributed by atoms with van der Waals surface area (Å²) in [5.74, 6) is -0.944. The van der Waals surface area contributed by atoms with Gasteiger partial charge in [0.2, 0.25) is 11.8 Å². The molecule has 0 saturated heterocycles. The molecule has 1 unspecified atom stereocenters. The van der Waals surface area contributed by atoms with Crippen LogP contribution in [0.15, 0.2) is 78.9 Å². The minimum Gasteiger partial charge on any atom is -0.357 e. The molecule has 0 bridgehead atoms. The van der Waals surface area contributed by atoms with E-state index in [-0.39, 0.29) is 24.8 Å². The van der Waals surface area contributed by atoms with Crippen LogP contribution in [-0.4, -0.2) is 29.8 Å². The molecule has 0 saturated carbocycles. The molecule has 6 heteroatoms. The van der Waals surface area contributed by atoms with Crippen molar-refractivity contribution in [3.8, 4) is 0 Å². The van der Waals surface area contributed by atoms with Crippen molar-refractivity contribution in [1.29, 1.82) is 0 Å². The first-order valence-corrected chi connectivity index (χ1v) is 10.9. The van der Waals surface area contributed by atoms with Gasteiger partial charge in [-0.2, -0.15) is 0 Å². The quantitative estimate of drug-likeness (QED) is 0.507. The van der Waals surface area contributed by atoms with Crippen LogP contribution in [-0.2, 0) is 29.0 Å². The summed E-state index contributed by atoms with van der Waals surface area (Å²) in [4.78, 5) is 27.7. The molecule has 0 aromatic heterocycles. The first-order valence-electron chi connectivity index (χ1n) is 10.5. The average molecular weight is 453 g/mol. The lowest BCUT2D eigenvalue weighted by Crippen LogP contribution is -2.49. The van der Waals surface area contributed by atoms with E-state index in [1.165, 1.54) is 18.0 Å². The van der Waals surface area contributed by atoms with Crippen molar-refractivity contribution in [1.82, 2.24) is 10.2 Å². The molecule has 0 spiro atoms. The van der Waals surface area contributed by atoms with E-state index in [2.05, 4.69) is 5.32 Å². The predicted molar refractivity (Wildman–Crippen MR) is 125 cm³/mol. The summed E-state index contributed by atoms with van der Waals surface area (Å²) >= 11 is 6.24. The smallest absolute Gasteiger partial charge is 0.242 e. The third-order valence-corrected chi connectivity index (χ3v) is 5.75. The molecular weight excluding hydrogens is 427 g/mol. The lowest BCUT2D eigenvalue weighted by molar-refractivity contribution is -0.141. The number of halogens is 2. The second kappa shape index (κ2) is 11.4. The van der Waals surface area contributed by atoms with Crippen LogP contribution in [0.2, 0.25) is 5.02 Å². The van der Waals surface area contributed by atoms with Crippen molar-refractivity contribution in [3.05, 3.63) is 106 Å². The van der Waals surface area contributed by atoms with E-state index < -0.39 is 11.9 Å². The summed E-state index contributed by atoms with van der Waals surface area (Å²) in [6.07, 6.45) is 0.908. The predicted octanol–water partition coefficient (Wildman–Crippen LogP) is 4.80. The van der Waals surface area contributed by atoms with Gasteiger partial charge in [-0.1, -0.05) is 78.3 Å². The zero-order chi connectivity index (χ0) is 22.9. The number of amides is 2. The molecule has 1 N–H and O–H groups in total. The fraction of sp³-hybridized carbons (Fsp3) is 0.231. The summed E-state index contributed by atoms with van der Waals surface area (Å²) in [6, 6.07) is 22.4. The van der Waals surface area contributed by atoms with E-state index in [9.17, 15) is 14.0 Å². The Kier molecular flexibility index (Phi) is 8.40. The van der Waals surface area contributed by atoms with Crippen molar-refractivity contribution in [2.24, 2.45) is 0 Å². The number of benzene rings is 3. The number of rotatable bonds is 9. The normalized spacial score (nSPS) is 11.6. The summed E-state index contributed by atoms with van der Waals surface area (Å²) in [6.45, 7) is -0.00104. The molecule has 0 fully saturated rings. The fourth-order valence-corrected chi connectivity index (χ4v) is 3.85. The van der Waals surface area contributed by atoms with Crippen LogP contribution < -0.4 is 5.32 Å². The lowest BCUT2D eigenvalue weighted by Gasteiger charge is -2.31. The first kappa shape index (κ1) is 23.5. The average Bonchev–Trinajstić information content (AvgIpc) is 2.82. The highest BCUT2D eigenvalue weighted by Gasteiger charge is 2.30. The van der Waals surface area contributed by atoms with Gasteiger partial charge in [-0.05, 0) is 29.7 Å². The molecule has 3 aromatic rings. The highest BCUT2D eigenvalue weighted by molar-refractivity contribution is 6.31. The van der Waals surface area contributed by atoms with Gasteiger partial charge in [0.25, 0.3) is 0 Å². The Morgan fingerprint density at radius 2 is 1.56 bits per heavy atom. The molecule has 0 aliphatic carbocycles. The van der Waals surface area contributed by atoms with Gasteiger partial charge in [0.1, 0.15) is 11.9 Å². The fourth-order valence-electron chi connectivity index (χ4n) is 3.62. The number of carbonyl (C=O) groups excluding carboxylic acids is 2. The van der Waals surface area contributed by atoms with E-state index >= 15 is 0 Å². The number of carbonyl (C=O) groups is 2. The van der Waals surface area contributed by atoms with Crippen LogP contribution >= 0.6 is 11.6 Å². The minimum absolute atomic E-state index is 0.00104. The SMILES string of the molecule is CNC(=O)C(Cc1ccccc1)N(Cc1ccccc1F)C(=O)CCc1ccccc1Cl. The molecule has 1 atom stereocenters. The van der Waals surface area contributed by atoms with Gasteiger partial charge < -0.3 is 10.2 Å². The van der Waals surface area contributed by atoms with Gasteiger partial charge in [0.05, 0.1) is 0 Å². The maximum Gasteiger partial charge on any atom is 0.242 e. The molecular formula is C26H26ClFN2O2. The Morgan fingerprint density at radius 1 is 0.938 bits per heavy atom. The molecule has 32 heavy (non-hydrogen) atoms. The summed E-state index contributed by atoms with van der Waals surface area (Å²) in [5, 5.41) is 3.25. The van der Waals surface area contributed by atoms with E-state index in [4.69, 9.17) is 11.6 Å². The van der Waals surface area contributed by atoms with E-state index in [1.807, 2.05) is 48.5 Å². The zero-order valence-corrected chi connectivity index (χ0v) is 18.7. The van der Waals surface area contributed by atoms with Crippen LogP contribution in [0.1, 0.15) is 23.1 Å². The van der Waals surface area contributed by atoms with Crippen molar-refractivity contribution in [3.63, 3.8) is 0 Å². The Hall–Kier alpha value is -3.18. The van der Waals surface area contributed by atoms with E-state index in [0.29, 0.717) is 23.4 Å². The van der Waals surface area contributed by atoms with Crippen LogP contribution in [0.4, 0.5) is 4.39 Å². The Morgan fingerprint density at radius 3 is 2.22 bits per heavy atom. The molecule has 0 aliphatic heterocycles. The van der Waals surface area contributed by atoms with Gasteiger partial charge in [0.15, 0.2) is 0 Å². The Bertz CT molecular complexity index is 1060. The second-order valence-electron chi connectivity index (χ2n) is 7.52. The molecule has 3 rings (SSSR count). The molecule has 4 nitrogen and oxygen atoms in total. The number of nitrogens with one attached hydrogen (secondary N) is 1. The van der Waals surface area contributed by atoms with Gasteiger partial charge >= 0.3 is 0 Å². The highest BCUT2D eigenvalue weighted by Crippen LogP contribution is 2.20. The van der Waals surface area contributed by atoms with Gasteiger partial charge in [-0.15, -0.1) is 0 Å². The molecule has 3 aromatic carbocycles. The third kappa shape index (κ3) is 6.17. The van der Waals surface area contributed by atoms with Crippen LogP contribution in [0.3, 0.4) is 0 Å². The second-order valence-corrected chi connectivity index (χ2v) is 7.93. The molecule has 0 radical (unpaired) electrons. The van der Waals surface area contributed by atoms with E-state index in [1.54, 1.807) is 24.3 Å². The number of nitrogens with zero attached hydrogens (tertiary/aromatic N) is 1. The van der Waals surface area contributed by atoms with Crippen LogP contribution in [0.25, 0.3) is 0 Å². The summed E-state index contributed by atoms with van der Waals surface area (Å²) < 4.78 is 14.4. The third-order valence-electron chi connectivity index (χ3n) is 5.38. The van der Waals surface area contributed by atoms with E-state index in [0.717, 1.165) is 11.1 Å². The lowest BCUT2D eigenvalue weighted by atomic mass is 10.0. The largest absolute Gasteiger partial charge is 0.357 e. The Labute approximate surface area is 193 Å². The molecule has 2 amide bonds. The van der Waals surface area contributed by atoms with Gasteiger partial charge in [0, 0.05) is 37.0 Å². The highest BCUT2D eigenvalue weighted by atomic mass is 35.5. The molecule has 166 valence electrons. The Balaban J connectivity index is 1.89. The maximum atomic E-state index is 14.4. The van der Waals surface area contributed by atoms with Crippen LogP contribution in [0, 0.1) is 5.82 Å². The number of aryl methyl sites for hydroxylation is 1. The van der Waals surface area contributed by atoms with Crippen molar-refractivity contribution in [2.75, 3.05) is 7.05 Å². The number of hydrogen-bond donors (Lipinski definition) is 1. The summed E-state index contributed by atoms with van der Waals surface area (Å²) in [7, 11) is 1.54. The molecule has 0 aliphatic rings. The maximum absolute atomic E-state index is 14.4. The topological polar surface area (TPSA) is 49.4 Å². The molecule has 0 heterocycles. The van der Waals surface area contributed by atoms with Crippen LogP contribution in [0.5, 0.6) is 0 Å². The number of hydrogen-bond acceptors (Lipinski definition) is 2. The number of likely N-dealkylation sites (N-methyl/N-ethyl adjacent to an activating group) is 1. The minimum atomic E-state index is -0.777. The van der Waals surface area contributed by atoms with Gasteiger partial charge in [-0.25, -0.2) is 4.39 Å². The standard InChI is InChI=1S/C26H26ClFN2O2/c1-29-26(32)24(17-19-9-3-2-4-10-19)30(18-21-12-6-8-14-23(21)28)25(31)16-15-20-11-5-7-13-22(20)27/h2-14,24H,15-18H2,1H3,(H,29,32). The monoisotopic (exact) mass is 452 g/mol. The van der Waals surface area contributed by atoms with Crippen molar-refractivity contribution in [2.45, 2.75) is 31.8 Å². The zero-order valence-electron chi connectivity index (χ0n) is 17.9. The van der Waals surface area contributed by atoms with Gasteiger partial charge in [-0.3, -0.25) is 9.59 Å². The summed E-state index contributed by atoms with van der Waals surface area (Å²) in [5.41, 5.74) is 2.13. The first-order chi connectivity index (χ1) is 15.5. The van der Waals surface area contributed by atoms with Crippen molar-refractivity contribution >= 4 is 23.4 Å².